The number of aliphatic imine (C=N–C) groups is 1. The Morgan fingerprint density at radius 1 is 1.29 bits per heavy atom. The van der Waals surface area contributed by atoms with Gasteiger partial charge >= 0.3 is 5.91 Å². The van der Waals surface area contributed by atoms with Gasteiger partial charge in [0.2, 0.25) is 5.91 Å². The normalized spacial score (nSPS) is 22.3. The Labute approximate surface area is 251 Å². The maximum Gasteiger partial charge on any atom is 0.301 e. The SMILES string of the molecule is [B]c1c(C(COC)C(=O)NCC(C)(P)P)ccc2[nH]c(C(=NC(=O)c3nonc3C3CC3)C3CCC(F)(P)CC3)nc12. The van der Waals surface area contributed by atoms with Crippen LogP contribution < -0.4 is 10.8 Å². The van der Waals surface area contributed by atoms with Gasteiger partial charge in [0.05, 0.1) is 29.3 Å². The van der Waals surface area contributed by atoms with E-state index in [1.165, 1.54) is 7.11 Å². The molecule has 2 saturated carbocycles. The molecule has 2 aliphatic rings. The van der Waals surface area contributed by atoms with Gasteiger partial charge in [-0.15, -0.1) is 18.5 Å². The summed E-state index contributed by atoms with van der Waals surface area (Å²) in [5.41, 5.74) is 2.99. The number of aromatic amines is 1. The van der Waals surface area contributed by atoms with Crippen molar-refractivity contribution < 1.29 is 23.3 Å². The van der Waals surface area contributed by atoms with E-state index >= 15 is 0 Å². The first-order chi connectivity index (χ1) is 19.9. The van der Waals surface area contributed by atoms with Crippen molar-refractivity contribution in [1.29, 1.82) is 0 Å². The van der Waals surface area contributed by atoms with Gasteiger partial charge in [0.1, 0.15) is 19.0 Å². The third kappa shape index (κ3) is 7.15. The van der Waals surface area contributed by atoms with Crippen LogP contribution in [0.25, 0.3) is 11.0 Å². The Morgan fingerprint density at radius 2 is 2.00 bits per heavy atom. The van der Waals surface area contributed by atoms with Crippen molar-refractivity contribution in [3.63, 3.8) is 0 Å². The highest BCUT2D eigenvalue weighted by atomic mass is 31.1. The number of imidazole rings is 1. The molecular formula is C27H35BFN6O4P3. The van der Waals surface area contributed by atoms with E-state index in [0.717, 1.165) is 12.8 Å². The number of alkyl halides is 1. The van der Waals surface area contributed by atoms with E-state index in [9.17, 15) is 14.0 Å². The molecule has 3 aromatic rings. The fraction of sp³-hybridized carbons (Fsp3) is 0.556. The van der Waals surface area contributed by atoms with E-state index in [4.69, 9.17) is 22.2 Å². The van der Waals surface area contributed by atoms with Crippen molar-refractivity contribution in [3.8, 4) is 0 Å². The molecule has 222 valence electrons. The fourth-order valence-corrected chi connectivity index (χ4v) is 5.79. The summed E-state index contributed by atoms with van der Waals surface area (Å²) >= 11 is 0. The number of benzene rings is 1. The molecule has 10 nitrogen and oxygen atoms in total. The Hall–Kier alpha value is -2.12. The maximum atomic E-state index is 14.7. The standard InChI is InChI=1S/C27H35BFN6O4P3/c1-26(40,41)12-30-24(36)16(11-38-2)15-5-6-17-21(18(15)28)32-23(31-17)20(14-7-9-27(29,42)10-8-14)33-25(37)22-19(13-3-4-13)34-39-35-22/h5-6,13-14,16H,3-4,7-12,40-42H2,1-2H3,(H,30,36)(H,31,32). The van der Waals surface area contributed by atoms with Crippen LogP contribution in [0.5, 0.6) is 0 Å². The number of carbonyl (C=O) groups is 2. The Bertz CT molecular complexity index is 1510. The molecule has 15 heteroatoms. The number of amides is 2. The topological polar surface area (TPSA) is 135 Å². The largest absolute Gasteiger partial charge is 0.384 e. The van der Waals surface area contributed by atoms with Crippen molar-refractivity contribution in [2.45, 2.75) is 67.6 Å². The zero-order chi connectivity index (χ0) is 30.2. The van der Waals surface area contributed by atoms with Crippen LogP contribution in [0.3, 0.4) is 0 Å². The van der Waals surface area contributed by atoms with Crippen LogP contribution in [-0.2, 0) is 9.53 Å². The Morgan fingerprint density at radius 3 is 2.64 bits per heavy atom. The summed E-state index contributed by atoms with van der Waals surface area (Å²) in [6, 6.07) is 3.58. The quantitative estimate of drug-likeness (QED) is 0.200. The molecule has 42 heavy (non-hydrogen) atoms. The number of methoxy groups -OCH3 is 1. The van der Waals surface area contributed by atoms with Gasteiger partial charge in [-0.1, -0.05) is 32.8 Å². The number of H-pyrrole nitrogens is 1. The number of nitrogens with one attached hydrogen (secondary N) is 2. The second-order valence-corrected chi connectivity index (χ2v) is 16.0. The third-order valence-corrected chi connectivity index (χ3v) is 8.73. The molecule has 1 aromatic carbocycles. The molecule has 2 aromatic heterocycles. The highest BCUT2D eigenvalue weighted by Gasteiger charge is 2.37. The van der Waals surface area contributed by atoms with Crippen molar-refractivity contribution in [2.24, 2.45) is 10.9 Å². The third-order valence-electron chi connectivity index (χ3n) is 7.74. The molecule has 2 amide bonds. The predicted molar refractivity (Wildman–Crippen MR) is 170 cm³/mol. The van der Waals surface area contributed by atoms with E-state index in [1.807, 2.05) is 6.92 Å². The maximum absolute atomic E-state index is 14.7. The number of carbonyl (C=O) groups excluding carboxylic acids is 2. The molecular weight excluding hydrogens is 595 g/mol. The summed E-state index contributed by atoms with van der Waals surface area (Å²) in [5.74, 6) is -1.16. The number of hydrogen-bond donors (Lipinski definition) is 2. The van der Waals surface area contributed by atoms with Gasteiger partial charge < -0.3 is 15.0 Å². The molecule has 2 aliphatic carbocycles. The smallest absolute Gasteiger partial charge is 0.301 e. The molecule has 0 bridgehead atoms. The Balaban J connectivity index is 1.51. The van der Waals surface area contributed by atoms with Crippen molar-refractivity contribution in [3.05, 3.63) is 34.9 Å². The van der Waals surface area contributed by atoms with Gasteiger partial charge in [-0.3, -0.25) is 9.59 Å². The average Bonchev–Trinajstić information content (AvgIpc) is 3.48. The summed E-state index contributed by atoms with van der Waals surface area (Å²) in [5, 5.41) is 9.36. The van der Waals surface area contributed by atoms with Gasteiger partial charge in [0, 0.05) is 30.4 Å². The zero-order valence-electron chi connectivity index (χ0n) is 23.7. The van der Waals surface area contributed by atoms with Crippen LogP contribution in [0.1, 0.15) is 84.9 Å². The first kappa shape index (κ1) is 31.3. The summed E-state index contributed by atoms with van der Waals surface area (Å²) < 4.78 is 24.9. The van der Waals surface area contributed by atoms with E-state index in [-0.39, 0.29) is 34.9 Å². The molecule has 0 saturated heterocycles. The lowest BCUT2D eigenvalue weighted by Crippen LogP contribution is -2.38. The summed E-state index contributed by atoms with van der Waals surface area (Å²) in [4.78, 5) is 38.8. The van der Waals surface area contributed by atoms with Crippen LogP contribution in [0.4, 0.5) is 4.39 Å². The van der Waals surface area contributed by atoms with Gasteiger partial charge in [-0.05, 0) is 55.3 Å². The molecule has 5 rings (SSSR count). The number of rotatable bonds is 10. The molecule has 2 fully saturated rings. The van der Waals surface area contributed by atoms with Crippen molar-refractivity contribution in [1.82, 2.24) is 25.6 Å². The number of fused-ring (bicyclic) bond motifs is 1. The van der Waals surface area contributed by atoms with Crippen molar-refractivity contribution >= 4 is 69.6 Å². The molecule has 2 radical (unpaired) electrons. The molecule has 0 spiro atoms. The molecule has 4 atom stereocenters. The highest BCUT2D eigenvalue weighted by molar-refractivity contribution is 7.39. The molecule has 0 aliphatic heterocycles. The van der Waals surface area contributed by atoms with E-state index < -0.39 is 17.2 Å². The average molecular weight is 630 g/mol. The summed E-state index contributed by atoms with van der Waals surface area (Å²) in [7, 11) is 15.8. The van der Waals surface area contributed by atoms with E-state index in [1.54, 1.807) is 12.1 Å². The van der Waals surface area contributed by atoms with Gasteiger partial charge in [0.25, 0.3) is 0 Å². The molecule has 4 unspecified atom stereocenters. The fourth-order valence-electron chi connectivity index (χ4n) is 5.25. The minimum Gasteiger partial charge on any atom is -0.384 e. The van der Waals surface area contributed by atoms with Crippen LogP contribution >= 0.6 is 27.7 Å². The van der Waals surface area contributed by atoms with Crippen LogP contribution in [0.15, 0.2) is 21.8 Å². The molecule has 2 heterocycles. The van der Waals surface area contributed by atoms with Crippen LogP contribution in [0.2, 0.25) is 0 Å². The highest BCUT2D eigenvalue weighted by Crippen LogP contribution is 2.42. The van der Waals surface area contributed by atoms with Crippen LogP contribution in [0, 0.1) is 5.92 Å². The number of ether oxygens (including phenoxy) is 1. The molecule has 2 N–H and O–H groups in total. The predicted octanol–water partition coefficient (Wildman–Crippen LogP) is 3.29. The number of halogens is 1. The first-order valence-electron chi connectivity index (χ1n) is 13.9. The monoisotopic (exact) mass is 630 g/mol. The van der Waals surface area contributed by atoms with Gasteiger partial charge in [0.15, 0.2) is 11.5 Å². The lowest BCUT2D eigenvalue weighted by atomic mass is 9.82. The van der Waals surface area contributed by atoms with Gasteiger partial charge in [-0.2, -0.15) is 0 Å². The number of aromatic nitrogens is 4. The van der Waals surface area contributed by atoms with Crippen molar-refractivity contribution in [2.75, 3.05) is 20.3 Å². The van der Waals surface area contributed by atoms with Gasteiger partial charge in [-0.25, -0.2) is 19.0 Å². The first-order valence-corrected chi connectivity index (χ1v) is 15.7. The van der Waals surface area contributed by atoms with E-state index in [0.29, 0.717) is 71.5 Å². The number of nitrogens with zero attached hydrogens (tertiary/aromatic N) is 4. The summed E-state index contributed by atoms with van der Waals surface area (Å²) in [6.07, 6.45) is 3.41. The lowest BCUT2D eigenvalue weighted by Gasteiger charge is -2.31. The Kier molecular flexibility index (Phi) is 9.30. The summed E-state index contributed by atoms with van der Waals surface area (Å²) in [6.45, 7) is 2.52. The van der Waals surface area contributed by atoms with Crippen LogP contribution in [-0.4, -0.2) is 76.2 Å². The second kappa shape index (κ2) is 12.5. The lowest BCUT2D eigenvalue weighted by molar-refractivity contribution is -0.123. The minimum atomic E-state index is -1.35. The zero-order valence-corrected chi connectivity index (χ0v) is 27.1. The number of hydrogen-bond acceptors (Lipinski definition) is 7. The van der Waals surface area contributed by atoms with E-state index in [2.05, 4.69) is 53.3 Å². The minimum absolute atomic E-state index is 0.0927. The second-order valence-electron chi connectivity index (χ2n) is 11.7.